The Morgan fingerprint density at radius 2 is 1.80 bits per heavy atom. The minimum Gasteiger partial charge on any atom is -0.330 e. The van der Waals surface area contributed by atoms with Crippen molar-refractivity contribution in [3.05, 3.63) is 0 Å². The fraction of sp³-hybridized carbons (Fsp3) is 1.00. The highest BCUT2D eigenvalue weighted by Gasteiger charge is 2.70. The largest absolute Gasteiger partial charge is 0.330 e. The molecule has 0 aromatic heterocycles. The third-order valence-electron chi connectivity index (χ3n) is 3.08. The molecule has 3 fully saturated rings. The maximum Gasteiger partial charge on any atom is 0.244 e. The summed E-state index contributed by atoms with van der Waals surface area (Å²) >= 11 is 0. The Hall–Kier alpha value is -0.180. The maximum absolute atomic E-state index is 12.2. The highest BCUT2D eigenvalue weighted by atomic mass is 19.3. The van der Waals surface area contributed by atoms with Crippen LogP contribution in [-0.2, 0) is 0 Å². The van der Waals surface area contributed by atoms with Crippen molar-refractivity contribution < 1.29 is 8.78 Å². The van der Waals surface area contributed by atoms with Crippen LogP contribution in [0.4, 0.5) is 8.78 Å². The van der Waals surface area contributed by atoms with Gasteiger partial charge in [-0.25, -0.2) is 8.78 Å². The molecular formula is C7H11F2N. The van der Waals surface area contributed by atoms with Crippen LogP contribution in [0.3, 0.4) is 0 Å². The quantitative estimate of drug-likeness (QED) is 0.627. The zero-order valence-electron chi connectivity index (χ0n) is 5.74. The minimum absolute atomic E-state index is 0.149. The Morgan fingerprint density at radius 3 is 2.10 bits per heavy atom. The van der Waals surface area contributed by atoms with Gasteiger partial charge in [0.15, 0.2) is 0 Å². The Labute approximate surface area is 58.6 Å². The van der Waals surface area contributed by atoms with E-state index in [-0.39, 0.29) is 5.41 Å². The summed E-state index contributed by atoms with van der Waals surface area (Å²) in [6, 6.07) is 0. The molecule has 3 aliphatic carbocycles. The highest BCUT2D eigenvalue weighted by molar-refractivity contribution is 5.18. The second-order valence-corrected chi connectivity index (χ2v) is 3.90. The van der Waals surface area contributed by atoms with E-state index in [9.17, 15) is 8.78 Å². The van der Waals surface area contributed by atoms with Crippen molar-refractivity contribution in [1.29, 1.82) is 0 Å². The average molecular weight is 147 g/mol. The lowest BCUT2D eigenvalue weighted by atomic mass is 9.35. The number of rotatable bonds is 2. The maximum atomic E-state index is 12.2. The molecule has 3 aliphatic rings. The van der Waals surface area contributed by atoms with Crippen molar-refractivity contribution in [2.24, 2.45) is 16.6 Å². The van der Waals surface area contributed by atoms with Gasteiger partial charge in [0.2, 0.25) is 6.43 Å². The van der Waals surface area contributed by atoms with E-state index in [0.717, 1.165) is 0 Å². The number of hydrogen-bond acceptors (Lipinski definition) is 1. The first-order valence-corrected chi connectivity index (χ1v) is 3.61. The van der Waals surface area contributed by atoms with Gasteiger partial charge in [-0.1, -0.05) is 0 Å². The second-order valence-electron chi connectivity index (χ2n) is 3.90. The van der Waals surface area contributed by atoms with Gasteiger partial charge in [0.1, 0.15) is 0 Å². The molecule has 0 unspecified atom stereocenters. The van der Waals surface area contributed by atoms with Crippen LogP contribution in [-0.4, -0.2) is 13.0 Å². The molecule has 0 heterocycles. The number of nitrogens with two attached hydrogens (primary N) is 1. The Kier molecular flexibility index (Phi) is 0.994. The molecular weight excluding hydrogens is 136 g/mol. The fourth-order valence-corrected chi connectivity index (χ4v) is 2.53. The molecule has 0 saturated heterocycles. The standard InChI is InChI=1S/C7H11F2N/c8-5(9)7-1-6(2-7,3-7)4-10/h5H,1-4,10H2. The molecule has 0 aromatic carbocycles. The van der Waals surface area contributed by atoms with E-state index in [2.05, 4.69) is 0 Å². The van der Waals surface area contributed by atoms with Gasteiger partial charge in [-0.05, 0) is 31.2 Å². The van der Waals surface area contributed by atoms with Gasteiger partial charge in [-0.2, -0.15) is 0 Å². The van der Waals surface area contributed by atoms with E-state index in [1.165, 1.54) is 0 Å². The SMILES string of the molecule is NCC12CC(C(F)F)(C1)C2. The molecule has 2 N–H and O–H groups in total. The molecule has 0 aromatic rings. The Morgan fingerprint density at radius 1 is 1.30 bits per heavy atom. The van der Waals surface area contributed by atoms with E-state index in [0.29, 0.717) is 25.8 Å². The summed E-state index contributed by atoms with van der Waals surface area (Å²) in [4.78, 5) is 0. The van der Waals surface area contributed by atoms with E-state index in [1.807, 2.05) is 0 Å². The number of alkyl halides is 2. The van der Waals surface area contributed by atoms with Crippen LogP contribution in [0.25, 0.3) is 0 Å². The third-order valence-corrected chi connectivity index (χ3v) is 3.08. The monoisotopic (exact) mass is 147 g/mol. The van der Waals surface area contributed by atoms with Crippen LogP contribution in [0.1, 0.15) is 19.3 Å². The van der Waals surface area contributed by atoms with Gasteiger partial charge in [0.25, 0.3) is 0 Å². The van der Waals surface area contributed by atoms with Crippen molar-refractivity contribution in [3.63, 3.8) is 0 Å². The molecule has 0 spiro atoms. The summed E-state index contributed by atoms with van der Waals surface area (Å²) in [5, 5.41) is 0. The lowest BCUT2D eigenvalue weighted by Crippen LogP contribution is -2.67. The molecule has 2 bridgehead atoms. The van der Waals surface area contributed by atoms with Crippen molar-refractivity contribution in [2.75, 3.05) is 6.54 Å². The first-order valence-electron chi connectivity index (χ1n) is 3.61. The third kappa shape index (κ3) is 0.506. The van der Waals surface area contributed by atoms with Crippen molar-refractivity contribution in [2.45, 2.75) is 25.7 Å². The molecule has 1 nitrogen and oxygen atoms in total. The van der Waals surface area contributed by atoms with Gasteiger partial charge < -0.3 is 5.73 Å². The Bertz CT molecular complexity index is 147. The van der Waals surface area contributed by atoms with Crippen molar-refractivity contribution in [3.8, 4) is 0 Å². The first kappa shape index (κ1) is 6.53. The molecule has 58 valence electrons. The zero-order chi connectivity index (χ0) is 7.41. The lowest BCUT2D eigenvalue weighted by molar-refractivity contribution is -0.261. The molecule has 3 saturated carbocycles. The summed E-state index contributed by atoms with van der Waals surface area (Å²) in [7, 11) is 0. The van der Waals surface area contributed by atoms with E-state index in [1.54, 1.807) is 0 Å². The summed E-state index contributed by atoms with van der Waals surface area (Å²) in [5.74, 6) is 0. The summed E-state index contributed by atoms with van der Waals surface area (Å²) in [6.45, 7) is 0.599. The van der Waals surface area contributed by atoms with E-state index >= 15 is 0 Å². The predicted molar refractivity (Wildman–Crippen MR) is 33.8 cm³/mol. The molecule has 3 heteroatoms. The normalized spacial score (nSPS) is 50.4. The van der Waals surface area contributed by atoms with Gasteiger partial charge >= 0.3 is 0 Å². The number of halogens is 2. The van der Waals surface area contributed by atoms with Crippen LogP contribution < -0.4 is 5.73 Å². The minimum atomic E-state index is -2.11. The fourth-order valence-electron chi connectivity index (χ4n) is 2.53. The first-order chi connectivity index (χ1) is 4.63. The van der Waals surface area contributed by atoms with Gasteiger partial charge in [-0.15, -0.1) is 0 Å². The second kappa shape index (κ2) is 1.52. The molecule has 0 aliphatic heterocycles. The molecule has 0 amide bonds. The smallest absolute Gasteiger partial charge is 0.244 e. The molecule has 3 rings (SSSR count). The average Bonchev–Trinajstić information content (AvgIpc) is 1.57. The van der Waals surface area contributed by atoms with Gasteiger partial charge in [-0.3, -0.25) is 0 Å². The van der Waals surface area contributed by atoms with E-state index < -0.39 is 11.8 Å². The summed E-state index contributed by atoms with van der Waals surface area (Å²) < 4.78 is 24.3. The van der Waals surface area contributed by atoms with Crippen LogP contribution in [0.2, 0.25) is 0 Å². The Balaban J connectivity index is 1.98. The van der Waals surface area contributed by atoms with Crippen LogP contribution >= 0.6 is 0 Å². The molecule has 0 radical (unpaired) electrons. The van der Waals surface area contributed by atoms with Gasteiger partial charge in [0, 0.05) is 5.41 Å². The summed E-state index contributed by atoms with van der Waals surface area (Å²) in [5.41, 5.74) is 4.99. The van der Waals surface area contributed by atoms with Crippen molar-refractivity contribution >= 4 is 0 Å². The van der Waals surface area contributed by atoms with Gasteiger partial charge in [0.05, 0.1) is 0 Å². The topological polar surface area (TPSA) is 26.0 Å². The highest BCUT2D eigenvalue weighted by Crippen LogP contribution is 2.74. The predicted octanol–water partition coefficient (Wildman–Crippen LogP) is 1.38. The zero-order valence-corrected chi connectivity index (χ0v) is 5.74. The molecule has 0 atom stereocenters. The number of hydrogen-bond donors (Lipinski definition) is 1. The van der Waals surface area contributed by atoms with Crippen molar-refractivity contribution in [1.82, 2.24) is 0 Å². The van der Waals surface area contributed by atoms with Crippen LogP contribution in [0, 0.1) is 10.8 Å². The van der Waals surface area contributed by atoms with Crippen LogP contribution in [0.5, 0.6) is 0 Å². The lowest BCUT2D eigenvalue weighted by Gasteiger charge is -2.70. The molecule has 10 heavy (non-hydrogen) atoms. The van der Waals surface area contributed by atoms with Crippen LogP contribution in [0.15, 0.2) is 0 Å². The summed E-state index contributed by atoms with van der Waals surface area (Å²) in [6.07, 6.45) is -0.0859. The van der Waals surface area contributed by atoms with E-state index in [4.69, 9.17) is 5.73 Å².